The zero-order valence-corrected chi connectivity index (χ0v) is 15.1. The van der Waals surface area contributed by atoms with Crippen LogP contribution in [0.4, 0.5) is 10.3 Å². The maximum absolute atomic E-state index is 12.0. The molecule has 0 aliphatic rings. The van der Waals surface area contributed by atoms with Crippen molar-refractivity contribution in [1.29, 1.82) is 0 Å². The van der Waals surface area contributed by atoms with Gasteiger partial charge in [-0.1, -0.05) is 29.8 Å². The van der Waals surface area contributed by atoms with E-state index in [1.807, 2.05) is 36.6 Å². The largest absolute Gasteiger partial charge is 0.302 e. The summed E-state index contributed by atoms with van der Waals surface area (Å²) in [5.74, 6) is -0.469. The van der Waals surface area contributed by atoms with Crippen LogP contribution in [-0.2, 0) is 9.59 Å². The van der Waals surface area contributed by atoms with E-state index in [1.54, 1.807) is 11.6 Å². The lowest BCUT2D eigenvalue weighted by molar-refractivity contribution is -0.121. The molecule has 6 nitrogen and oxygen atoms in total. The van der Waals surface area contributed by atoms with Crippen LogP contribution in [0.2, 0.25) is 0 Å². The van der Waals surface area contributed by atoms with Crippen LogP contribution in [0.15, 0.2) is 41.2 Å². The Hall–Kier alpha value is -2.58. The number of rotatable bonds is 6. The Labute approximate surface area is 153 Å². The predicted octanol–water partition coefficient (Wildman–Crippen LogP) is 3.93. The molecule has 0 fully saturated rings. The Morgan fingerprint density at radius 2 is 1.68 bits per heavy atom. The second-order valence-electron chi connectivity index (χ2n) is 5.34. The van der Waals surface area contributed by atoms with Crippen molar-refractivity contribution in [3.8, 4) is 11.3 Å². The normalized spacial score (nSPS) is 10.4. The van der Waals surface area contributed by atoms with E-state index in [9.17, 15) is 9.59 Å². The van der Waals surface area contributed by atoms with E-state index >= 15 is 0 Å². The van der Waals surface area contributed by atoms with Gasteiger partial charge >= 0.3 is 0 Å². The predicted molar refractivity (Wildman–Crippen MR) is 101 cm³/mol. The quantitative estimate of drug-likeness (QED) is 0.687. The molecular weight excluding hydrogens is 356 g/mol. The molecule has 0 saturated carbocycles. The summed E-state index contributed by atoms with van der Waals surface area (Å²) < 4.78 is 0. The van der Waals surface area contributed by atoms with Crippen LogP contribution in [-0.4, -0.2) is 21.8 Å². The fourth-order valence-corrected chi connectivity index (χ4v) is 3.34. The molecule has 1 aromatic carbocycles. The summed E-state index contributed by atoms with van der Waals surface area (Å²) in [4.78, 5) is 32.1. The van der Waals surface area contributed by atoms with Crippen molar-refractivity contribution in [3.63, 3.8) is 0 Å². The molecule has 2 N–H and O–H groups in total. The third-order valence-corrected chi connectivity index (χ3v) is 4.80. The molecule has 0 aliphatic heterocycles. The number of nitrogens with zero attached hydrogens (tertiary/aromatic N) is 2. The summed E-state index contributed by atoms with van der Waals surface area (Å²) in [5, 5.41) is 10.1. The van der Waals surface area contributed by atoms with Gasteiger partial charge in [-0.2, -0.15) is 0 Å². The Kier molecular flexibility index (Phi) is 5.52. The average molecular weight is 372 g/mol. The van der Waals surface area contributed by atoms with Gasteiger partial charge in [-0.15, -0.1) is 22.7 Å². The highest BCUT2D eigenvalue weighted by atomic mass is 32.1. The van der Waals surface area contributed by atoms with Crippen molar-refractivity contribution in [2.24, 2.45) is 0 Å². The molecule has 8 heteroatoms. The number of amides is 2. The monoisotopic (exact) mass is 372 g/mol. The number of thiazole rings is 2. The van der Waals surface area contributed by atoms with E-state index in [0.29, 0.717) is 10.3 Å². The van der Waals surface area contributed by atoms with Crippen LogP contribution in [0.5, 0.6) is 0 Å². The first-order valence-corrected chi connectivity index (χ1v) is 9.38. The van der Waals surface area contributed by atoms with Gasteiger partial charge in [0.05, 0.1) is 5.69 Å². The Balaban J connectivity index is 1.49. The highest BCUT2D eigenvalue weighted by molar-refractivity contribution is 7.14. The molecule has 0 aliphatic carbocycles. The molecule has 0 radical (unpaired) electrons. The third kappa shape index (κ3) is 4.94. The summed E-state index contributed by atoms with van der Waals surface area (Å²) in [6, 6.07) is 8.04. The maximum atomic E-state index is 12.0. The minimum absolute atomic E-state index is 0.0939. The van der Waals surface area contributed by atoms with E-state index in [-0.39, 0.29) is 24.7 Å². The molecule has 0 atom stereocenters. The zero-order chi connectivity index (χ0) is 17.6. The summed E-state index contributed by atoms with van der Waals surface area (Å²) in [6.45, 7) is 2.03. The van der Waals surface area contributed by atoms with Crippen LogP contribution in [0.1, 0.15) is 18.4 Å². The summed E-state index contributed by atoms with van der Waals surface area (Å²) >= 11 is 2.70. The molecule has 2 aromatic heterocycles. The van der Waals surface area contributed by atoms with E-state index < -0.39 is 0 Å². The lowest BCUT2D eigenvalue weighted by Crippen LogP contribution is -2.17. The Bertz CT molecular complexity index is 857. The number of hydrogen-bond donors (Lipinski definition) is 2. The van der Waals surface area contributed by atoms with Gasteiger partial charge < -0.3 is 10.6 Å². The summed E-state index contributed by atoms with van der Waals surface area (Å²) in [7, 11) is 0. The number of benzene rings is 1. The molecule has 0 saturated heterocycles. The van der Waals surface area contributed by atoms with Gasteiger partial charge in [0.2, 0.25) is 11.8 Å². The van der Waals surface area contributed by atoms with E-state index in [0.717, 1.165) is 11.3 Å². The lowest BCUT2D eigenvalue weighted by atomic mass is 10.1. The van der Waals surface area contributed by atoms with E-state index in [2.05, 4.69) is 20.6 Å². The standard InChI is InChI=1S/C17H16N4O2S2/c1-11-2-4-12(5-3-11)13-10-25-17(19-13)21-15(23)7-6-14(22)20-16-18-8-9-24-16/h2-5,8-10H,6-7H2,1H3,(H,18,20,22)(H,19,21,23). The van der Waals surface area contributed by atoms with Gasteiger partial charge in [0, 0.05) is 35.4 Å². The molecule has 3 rings (SSSR count). The number of aryl methyl sites for hydroxylation is 1. The van der Waals surface area contributed by atoms with Crippen LogP contribution in [0.25, 0.3) is 11.3 Å². The zero-order valence-electron chi connectivity index (χ0n) is 13.5. The second kappa shape index (κ2) is 8.00. The molecule has 0 unspecified atom stereocenters. The SMILES string of the molecule is Cc1ccc(-c2csc(NC(=O)CCC(=O)Nc3nccs3)n2)cc1. The smallest absolute Gasteiger partial charge is 0.226 e. The van der Waals surface area contributed by atoms with Crippen molar-refractivity contribution >= 4 is 44.8 Å². The molecule has 128 valence electrons. The first-order valence-electron chi connectivity index (χ1n) is 7.62. The number of nitrogens with one attached hydrogen (secondary N) is 2. The Morgan fingerprint density at radius 3 is 2.32 bits per heavy atom. The average Bonchev–Trinajstić information content (AvgIpc) is 3.26. The maximum Gasteiger partial charge on any atom is 0.226 e. The molecule has 3 aromatic rings. The molecule has 25 heavy (non-hydrogen) atoms. The van der Waals surface area contributed by atoms with Crippen LogP contribution >= 0.6 is 22.7 Å². The number of anilines is 2. The topological polar surface area (TPSA) is 84.0 Å². The van der Waals surface area contributed by atoms with Crippen molar-refractivity contribution in [3.05, 3.63) is 46.8 Å². The van der Waals surface area contributed by atoms with E-state index in [4.69, 9.17) is 0 Å². The summed E-state index contributed by atoms with van der Waals surface area (Å²) in [6.07, 6.45) is 1.80. The molecule has 0 spiro atoms. The van der Waals surface area contributed by atoms with Crippen molar-refractivity contribution in [2.45, 2.75) is 19.8 Å². The molecule has 2 amide bonds. The van der Waals surface area contributed by atoms with Crippen LogP contribution in [0, 0.1) is 6.92 Å². The molecular formula is C17H16N4O2S2. The van der Waals surface area contributed by atoms with Crippen LogP contribution < -0.4 is 10.6 Å². The first kappa shape index (κ1) is 17.2. The van der Waals surface area contributed by atoms with Gasteiger partial charge in [-0.25, -0.2) is 9.97 Å². The minimum atomic E-state index is -0.237. The van der Waals surface area contributed by atoms with Gasteiger partial charge in [-0.05, 0) is 6.92 Å². The van der Waals surface area contributed by atoms with Crippen LogP contribution in [0.3, 0.4) is 0 Å². The molecule has 0 bridgehead atoms. The van der Waals surface area contributed by atoms with Gasteiger partial charge in [-0.3, -0.25) is 9.59 Å². The van der Waals surface area contributed by atoms with Crippen molar-refractivity contribution in [1.82, 2.24) is 9.97 Å². The summed E-state index contributed by atoms with van der Waals surface area (Å²) in [5.41, 5.74) is 3.01. The number of carbonyl (C=O) groups excluding carboxylic acids is 2. The van der Waals surface area contributed by atoms with Gasteiger partial charge in [0.1, 0.15) is 0 Å². The minimum Gasteiger partial charge on any atom is -0.302 e. The second-order valence-corrected chi connectivity index (χ2v) is 7.09. The lowest BCUT2D eigenvalue weighted by Gasteiger charge is -2.02. The first-order chi connectivity index (χ1) is 12.1. The molecule has 2 heterocycles. The van der Waals surface area contributed by atoms with Crippen molar-refractivity contribution in [2.75, 3.05) is 10.6 Å². The van der Waals surface area contributed by atoms with Gasteiger partial charge in [0.25, 0.3) is 0 Å². The number of carbonyl (C=O) groups is 2. The highest BCUT2D eigenvalue weighted by Crippen LogP contribution is 2.25. The third-order valence-electron chi connectivity index (χ3n) is 3.36. The van der Waals surface area contributed by atoms with Crippen molar-refractivity contribution < 1.29 is 9.59 Å². The number of hydrogen-bond acceptors (Lipinski definition) is 6. The van der Waals surface area contributed by atoms with Gasteiger partial charge in [0.15, 0.2) is 10.3 Å². The fraction of sp³-hybridized carbons (Fsp3) is 0.176. The highest BCUT2D eigenvalue weighted by Gasteiger charge is 2.11. The Morgan fingerprint density at radius 1 is 1.00 bits per heavy atom. The fourth-order valence-electron chi connectivity index (χ4n) is 2.06. The van der Waals surface area contributed by atoms with E-state index in [1.165, 1.54) is 28.2 Å². The number of aromatic nitrogens is 2.